The van der Waals surface area contributed by atoms with Crippen LogP contribution in [0.1, 0.15) is 15.3 Å². The average Bonchev–Trinajstić information content (AvgIpc) is 2.93. The molecular formula is C19H23NO2S. The van der Waals surface area contributed by atoms with Crippen molar-refractivity contribution in [3.8, 4) is 12.3 Å². The van der Waals surface area contributed by atoms with E-state index in [4.69, 9.17) is 11.2 Å². The first kappa shape index (κ1) is 17.7. The van der Waals surface area contributed by atoms with Gasteiger partial charge in [0.15, 0.2) is 0 Å². The van der Waals surface area contributed by atoms with Gasteiger partial charge in [0, 0.05) is 29.4 Å². The summed E-state index contributed by atoms with van der Waals surface area (Å²) in [5.74, 6) is 2.41. The number of ether oxygens (including phenoxy) is 1. The number of hydrogen-bond donors (Lipinski definition) is 1. The van der Waals surface area contributed by atoms with Crippen molar-refractivity contribution in [1.29, 1.82) is 0 Å². The van der Waals surface area contributed by atoms with Crippen LogP contribution < -0.4 is 0 Å². The van der Waals surface area contributed by atoms with Gasteiger partial charge in [0.25, 0.3) is 0 Å². The van der Waals surface area contributed by atoms with Crippen LogP contribution in [0, 0.1) is 19.3 Å². The highest BCUT2D eigenvalue weighted by atomic mass is 32.1. The van der Waals surface area contributed by atoms with Gasteiger partial charge >= 0.3 is 0 Å². The Morgan fingerprint density at radius 1 is 1.22 bits per heavy atom. The van der Waals surface area contributed by atoms with E-state index in [0.717, 1.165) is 13.1 Å². The molecule has 1 aromatic carbocycles. The average molecular weight is 329 g/mol. The second kappa shape index (κ2) is 9.49. The van der Waals surface area contributed by atoms with E-state index in [0.29, 0.717) is 6.54 Å². The van der Waals surface area contributed by atoms with Crippen LogP contribution in [0.4, 0.5) is 0 Å². The van der Waals surface area contributed by atoms with Gasteiger partial charge < -0.3 is 9.84 Å². The molecule has 0 spiro atoms. The van der Waals surface area contributed by atoms with E-state index in [1.54, 1.807) is 11.3 Å². The molecule has 0 radical (unpaired) electrons. The number of aliphatic hydroxyl groups is 1. The number of rotatable bonds is 9. The summed E-state index contributed by atoms with van der Waals surface area (Å²) >= 11 is 1.79. The van der Waals surface area contributed by atoms with Crippen molar-refractivity contribution in [1.82, 2.24) is 4.90 Å². The zero-order valence-electron chi connectivity index (χ0n) is 13.4. The smallest absolute Gasteiger partial charge is 0.107 e. The van der Waals surface area contributed by atoms with Gasteiger partial charge in [0.1, 0.15) is 6.61 Å². The quantitative estimate of drug-likeness (QED) is 0.567. The lowest BCUT2D eigenvalue weighted by molar-refractivity contribution is 0.0245. The van der Waals surface area contributed by atoms with Crippen LogP contribution >= 0.6 is 11.3 Å². The lowest BCUT2D eigenvalue weighted by atomic mass is 10.2. The third-order valence-electron chi connectivity index (χ3n) is 3.39. The summed E-state index contributed by atoms with van der Waals surface area (Å²) in [5.41, 5.74) is 1.23. The highest BCUT2D eigenvalue weighted by molar-refractivity contribution is 7.11. The predicted octanol–water partition coefficient (Wildman–Crippen LogP) is 3.07. The van der Waals surface area contributed by atoms with Crippen LogP contribution in [-0.2, 0) is 17.8 Å². The summed E-state index contributed by atoms with van der Waals surface area (Å²) in [5, 5.41) is 10.2. The van der Waals surface area contributed by atoms with Crippen molar-refractivity contribution in [2.24, 2.45) is 0 Å². The predicted molar refractivity (Wildman–Crippen MR) is 95.3 cm³/mol. The number of aryl methyl sites for hydroxylation is 1. The number of terminal acetylenes is 1. The molecule has 1 N–H and O–H groups in total. The van der Waals surface area contributed by atoms with E-state index in [1.165, 1.54) is 15.3 Å². The van der Waals surface area contributed by atoms with E-state index in [1.807, 2.05) is 18.2 Å². The molecule has 0 amide bonds. The Labute approximate surface area is 142 Å². The zero-order chi connectivity index (χ0) is 16.5. The fourth-order valence-electron chi connectivity index (χ4n) is 2.42. The van der Waals surface area contributed by atoms with Crippen molar-refractivity contribution < 1.29 is 9.84 Å². The molecule has 23 heavy (non-hydrogen) atoms. The fraction of sp³-hybridized carbons (Fsp3) is 0.368. The van der Waals surface area contributed by atoms with Crippen LogP contribution in [0.5, 0.6) is 0 Å². The first-order chi connectivity index (χ1) is 11.2. The van der Waals surface area contributed by atoms with Crippen LogP contribution in [0.15, 0.2) is 42.5 Å². The number of hydrogen-bond acceptors (Lipinski definition) is 4. The summed E-state index contributed by atoms with van der Waals surface area (Å²) in [6.45, 7) is 4.77. The largest absolute Gasteiger partial charge is 0.389 e. The molecule has 3 nitrogen and oxygen atoms in total. The van der Waals surface area contributed by atoms with Gasteiger partial charge in [-0.2, -0.15) is 0 Å². The van der Waals surface area contributed by atoms with Gasteiger partial charge in [-0.05, 0) is 24.6 Å². The van der Waals surface area contributed by atoms with Crippen molar-refractivity contribution in [2.75, 3.05) is 19.8 Å². The van der Waals surface area contributed by atoms with Crippen LogP contribution in [0.25, 0.3) is 0 Å². The lowest BCUT2D eigenvalue weighted by Gasteiger charge is -2.24. The van der Waals surface area contributed by atoms with Crippen LogP contribution in [-0.4, -0.2) is 35.9 Å². The van der Waals surface area contributed by atoms with Crippen molar-refractivity contribution in [3.05, 3.63) is 57.8 Å². The molecule has 4 heteroatoms. The second-order valence-electron chi connectivity index (χ2n) is 5.54. The first-order valence-electron chi connectivity index (χ1n) is 7.68. The summed E-state index contributed by atoms with van der Waals surface area (Å²) in [4.78, 5) is 4.84. The van der Waals surface area contributed by atoms with Crippen molar-refractivity contribution >= 4 is 11.3 Å². The minimum absolute atomic E-state index is 0.236. The van der Waals surface area contributed by atoms with E-state index in [9.17, 15) is 5.11 Å². The molecular weight excluding hydrogens is 306 g/mol. The van der Waals surface area contributed by atoms with Crippen molar-refractivity contribution in [3.63, 3.8) is 0 Å². The van der Waals surface area contributed by atoms with E-state index in [2.05, 4.69) is 42.0 Å². The Morgan fingerprint density at radius 2 is 2.00 bits per heavy atom. The van der Waals surface area contributed by atoms with Crippen LogP contribution in [0.3, 0.4) is 0 Å². The highest BCUT2D eigenvalue weighted by Crippen LogP contribution is 2.18. The van der Waals surface area contributed by atoms with Gasteiger partial charge in [-0.25, -0.2) is 0 Å². The van der Waals surface area contributed by atoms with E-state index < -0.39 is 6.10 Å². The molecule has 0 saturated carbocycles. The molecule has 1 aromatic heterocycles. The zero-order valence-corrected chi connectivity index (χ0v) is 14.3. The molecule has 2 rings (SSSR count). The molecule has 0 bridgehead atoms. The number of nitrogens with zero attached hydrogens (tertiary/aromatic N) is 1. The third kappa shape index (κ3) is 6.55. The normalized spacial score (nSPS) is 12.3. The molecule has 2 aromatic rings. The Balaban J connectivity index is 1.97. The fourth-order valence-corrected chi connectivity index (χ4v) is 3.35. The minimum atomic E-state index is -0.548. The molecule has 0 fully saturated rings. The summed E-state index contributed by atoms with van der Waals surface area (Å²) in [7, 11) is 0. The number of benzene rings is 1. The summed E-state index contributed by atoms with van der Waals surface area (Å²) in [6.07, 6.45) is 4.61. The maximum atomic E-state index is 10.2. The molecule has 122 valence electrons. The van der Waals surface area contributed by atoms with E-state index in [-0.39, 0.29) is 13.2 Å². The SMILES string of the molecule is C#CCOCC(O)CN(Cc1ccccc1)Cc1ccc(C)s1. The molecule has 1 atom stereocenters. The van der Waals surface area contributed by atoms with Crippen LogP contribution in [0.2, 0.25) is 0 Å². The lowest BCUT2D eigenvalue weighted by Crippen LogP contribution is -2.34. The summed E-state index contributed by atoms with van der Waals surface area (Å²) in [6, 6.07) is 14.6. The third-order valence-corrected chi connectivity index (χ3v) is 4.37. The number of thiophene rings is 1. The molecule has 0 aliphatic heterocycles. The first-order valence-corrected chi connectivity index (χ1v) is 8.50. The molecule has 0 aliphatic carbocycles. The minimum Gasteiger partial charge on any atom is -0.389 e. The van der Waals surface area contributed by atoms with Gasteiger partial charge in [-0.1, -0.05) is 36.3 Å². The van der Waals surface area contributed by atoms with Gasteiger partial charge in [-0.15, -0.1) is 17.8 Å². The highest BCUT2D eigenvalue weighted by Gasteiger charge is 2.14. The molecule has 0 aliphatic rings. The monoisotopic (exact) mass is 329 g/mol. The standard InChI is InChI=1S/C19H23NO2S/c1-3-11-22-15-18(21)13-20(12-17-7-5-4-6-8-17)14-19-10-9-16(2)23-19/h1,4-10,18,21H,11-15H2,2H3. The Kier molecular flexibility index (Phi) is 7.31. The Hall–Kier alpha value is -1.64. The van der Waals surface area contributed by atoms with Crippen molar-refractivity contribution in [2.45, 2.75) is 26.1 Å². The Bertz CT molecular complexity index is 618. The topological polar surface area (TPSA) is 32.7 Å². The second-order valence-corrected chi connectivity index (χ2v) is 6.91. The van der Waals surface area contributed by atoms with Gasteiger partial charge in [0.2, 0.25) is 0 Å². The number of aliphatic hydroxyl groups excluding tert-OH is 1. The maximum absolute atomic E-state index is 10.2. The van der Waals surface area contributed by atoms with E-state index >= 15 is 0 Å². The van der Waals surface area contributed by atoms with Gasteiger partial charge in [0.05, 0.1) is 12.7 Å². The Morgan fingerprint density at radius 3 is 2.65 bits per heavy atom. The maximum Gasteiger partial charge on any atom is 0.107 e. The molecule has 1 unspecified atom stereocenters. The summed E-state index contributed by atoms with van der Waals surface area (Å²) < 4.78 is 5.24. The van der Waals surface area contributed by atoms with Gasteiger partial charge in [-0.3, -0.25) is 4.90 Å². The molecule has 1 heterocycles. The molecule has 0 saturated heterocycles.